The molecule has 2 amide bonds. The van der Waals surface area contributed by atoms with Crippen LogP contribution < -0.4 is 10.6 Å². The summed E-state index contributed by atoms with van der Waals surface area (Å²) in [6.45, 7) is 2.46. The molecule has 0 radical (unpaired) electrons. The minimum atomic E-state index is -0.170. The van der Waals surface area contributed by atoms with E-state index >= 15 is 0 Å². The van der Waals surface area contributed by atoms with Gasteiger partial charge in [-0.05, 0) is 12.0 Å². The van der Waals surface area contributed by atoms with E-state index in [0.29, 0.717) is 18.1 Å². The molecule has 0 aliphatic heterocycles. The summed E-state index contributed by atoms with van der Waals surface area (Å²) in [5, 5.41) is 15.0. The Bertz CT molecular complexity index is 673. The van der Waals surface area contributed by atoms with E-state index in [1.807, 2.05) is 30.3 Å². The van der Waals surface area contributed by atoms with Crippen molar-refractivity contribution in [3.8, 4) is 0 Å². The number of rotatable bonds is 10. The summed E-state index contributed by atoms with van der Waals surface area (Å²) >= 11 is 1.41. The molecule has 2 aromatic rings. The second kappa shape index (κ2) is 10.6. The molecule has 1 aromatic heterocycles. The van der Waals surface area contributed by atoms with Crippen LogP contribution in [-0.2, 0) is 22.4 Å². The number of hydrogen-bond donors (Lipinski definition) is 2. The maximum atomic E-state index is 11.9. The van der Waals surface area contributed by atoms with E-state index in [1.54, 1.807) is 0 Å². The highest BCUT2D eigenvalue weighted by molar-refractivity contribution is 7.15. The van der Waals surface area contributed by atoms with Gasteiger partial charge in [0.15, 0.2) is 0 Å². The van der Waals surface area contributed by atoms with E-state index in [-0.39, 0.29) is 18.2 Å². The van der Waals surface area contributed by atoms with Crippen LogP contribution in [-0.4, -0.2) is 28.6 Å². The van der Waals surface area contributed by atoms with Gasteiger partial charge < -0.3 is 10.6 Å². The first-order valence-corrected chi connectivity index (χ1v) is 9.42. The predicted octanol–water partition coefficient (Wildman–Crippen LogP) is 2.96. The van der Waals surface area contributed by atoms with Crippen molar-refractivity contribution in [2.75, 3.05) is 11.9 Å². The van der Waals surface area contributed by atoms with Crippen molar-refractivity contribution >= 4 is 28.3 Å². The third-order valence-electron chi connectivity index (χ3n) is 3.59. The molecule has 0 spiro atoms. The first-order chi connectivity index (χ1) is 12.2. The Morgan fingerprint density at radius 3 is 2.64 bits per heavy atom. The van der Waals surface area contributed by atoms with E-state index in [1.165, 1.54) is 24.2 Å². The number of anilines is 1. The lowest BCUT2D eigenvalue weighted by Crippen LogP contribution is -2.28. The molecule has 0 atom stereocenters. The van der Waals surface area contributed by atoms with E-state index in [0.717, 1.165) is 23.4 Å². The molecule has 0 saturated heterocycles. The highest BCUT2D eigenvalue weighted by Gasteiger charge is 2.09. The monoisotopic (exact) mass is 360 g/mol. The van der Waals surface area contributed by atoms with Gasteiger partial charge in [-0.3, -0.25) is 9.59 Å². The molecular weight excluding hydrogens is 336 g/mol. The zero-order valence-electron chi connectivity index (χ0n) is 14.5. The molecule has 1 aromatic carbocycles. The maximum absolute atomic E-state index is 11.9. The third kappa shape index (κ3) is 7.43. The summed E-state index contributed by atoms with van der Waals surface area (Å²) in [5.41, 5.74) is 0.953. The summed E-state index contributed by atoms with van der Waals surface area (Å²) < 4.78 is 0. The molecule has 7 heteroatoms. The van der Waals surface area contributed by atoms with Crippen molar-refractivity contribution in [3.63, 3.8) is 0 Å². The molecule has 0 unspecified atom stereocenters. The van der Waals surface area contributed by atoms with Crippen molar-refractivity contribution < 1.29 is 9.59 Å². The topological polar surface area (TPSA) is 84.0 Å². The molecule has 0 bridgehead atoms. The number of nitrogens with zero attached hydrogens (tertiary/aromatic N) is 2. The molecule has 2 N–H and O–H groups in total. The molecule has 134 valence electrons. The van der Waals surface area contributed by atoms with Crippen LogP contribution in [0.1, 0.15) is 43.2 Å². The number of benzene rings is 1. The Labute approximate surface area is 152 Å². The van der Waals surface area contributed by atoms with Gasteiger partial charge >= 0.3 is 0 Å². The second-order valence-electron chi connectivity index (χ2n) is 5.77. The fraction of sp³-hybridized carbons (Fsp3) is 0.444. The number of carbonyl (C=O) groups excluding carboxylic acids is 2. The standard InChI is InChI=1S/C18H24N4O2S/c1-2-3-5-10-17-21-22-18(25-17)20-15(23)11-12-19-16(24)13-14-8-6-4-7-9-14/h4,6-9H,2-3,5,10-13H2,1H3,(H,19,24)(H,20,22,23). The van der Waals surface area contributed by atoms with Crippen LogP contribution in [0, 0.1) is 0 Å². The smallest absolute Gasteiger partial charge is 0.227 e. The molecule has 25 heavy (non-hydrogen) atoms. The van der Waals surface area contributed by atoms with Gasteiger partial charge in [-0.25, -0.2) is 0 Å². The van der Waals surface area contributed by atoms with E-state index < -0.39 is 0 Å². The van der Waals surface area contributed by atoms with Crippen molar-refractivity contribution in [2.24, 2.45) is 0 Å². The number of carbonyl (C=O) groups is 2. The Morgan fingerprint density at radius 2 is 1.88 bits per heavy atom. The summed E-state index contributed by atoms with van der Waals surface area (Å²) in [5.74, 6) is -0.260. The number of amides is 2. The van der Waals surface area contributed by atoms with Crippen LogP contribution in [0.25, 0.3) is 0 Å². The minimum Gasteiger partial charge on any atom is -0.355 e. The van der Waals surface area contributed by atoms with Crippen LogP contribution in [0.15, 0.2) is 30.3 Å². The van der Waals surface area contributed by atoms with Crippen LogP contribution in [0.2, 0.25) is 0 Å². The molecule has 0 aliphatic carbocycles. The van der Waals surface area contributed by atoms with Crippen molar-refractivity contribution in [3.05, 3.63) is 40.9 Å². The minimum absolute atomic E-state index is 0.0897. The van der Waals surface area contributed by atoms with Crippen molar-refractivity contribution in [2.45, 2.75) is 45.4 Å². The van der Waals surface area contributed by atoms with Crippen molar-refractivity contribution in [1.82, 2.24) is 15.5 Å². The first-order valence-electron chi connectivity index (χ1n) is 8.60. The average molecular weight is 360 g/mol. The van der Waals surface area contributed by atoms with Gasteiger partial charge in [-0.1, -0.05) is 61.4 Å². The lowest BCUT2D eigenvalue weighted by Gasteiger charge is -2.05. The Kier molecular flexibility index (Phi) is 8.04. The Hall–Kier alpha value is -2.28. The molecule has 1 heterocycles. The third-order valence-corrected chi connectivity index (χ3v) is 4.49. The van der Waals surface area contributed by atoms with Gasteiger partial charge in [0.1, 0.15) is 5.01 Å². The van der Waals surface area contributed by atoms with Gasteiger partial charge in [0.05, 0.1) is 6.42 Å². The summed E-state index contributed by atoms with van der Waals surface area (Å²) in [6, 6.07) is 9.51. The largest absolute Gasteiger partial charge is 0.355 e. The number of aryl methyl sites for hydroxylation is 1. The average Bonchev–Trinajstić information content (AvgIpc) is 3.03. The molecule has 0 aliphatic rings. The maximum Gasteiger partial charge on any atom is 0.227 e. The first kappa shape index (κ1) is 19.1. The van der Waals surface area contributed by atoms with Crippen LogP contribution in [0.4, 0.5) is 5.13 Å². The van der Waals surface area contributed by atoms with E-state index in [2.05, 4.69) is 27.8 Å². The fourth-order valence-electron chi connectivity index (χ4n) is 2.27. The van der Waals surface area contributed by atoms with Crippen LogP contribution in [0.5, 0.6) is 0 Å². The van der Waals surface area contributed by atoms with Crippen LogP contribution >= 0.6 is 11.3 Å². The number of hydrogen-bond acceptors (Lipinski definition) is 5. The predicted molar refractivity (Wildman–Crippen MR) is 99.5 cm³/mol. The van der Waals surface area contributed by atoms with Gasteiger partial charge in [0.2, 0.25) is 16.9 Å². The molecular formula is C18H24N4O2S. The summed E-state index contributed by atoms with van der Waals surface area (Å²) in [6.07, 6.45) is 4.86. The molecule has 2 rings (SSSR count). The Morgan fingerprint density at radius 1 is 1.08 bits per heavy atom. The van der Waals surface area contributed by atoms with Crippen LogP contribution in [0.3, 0.4) is 0 Å². The highest BCUT2D eigenvalue weighted by Crippen LogP contribution is 2.17. The van der Waals surface area contributed by atoms with E-state index in [4.69, 9.17) is 0 Å². The second-order valence-corrected chi connectivity index (χ2v) is 6.83. The lowest BCUT2D eigenvalue weighted by molar-refractivity contribution is -0.120. The zero-order valence-corrected chi connectivity index (χ0v) is 15.3. The number of unbranched alkanes of at least 4 members (excludes halogenated alkanes) is 2. The highest BCUT2D eigenvalue weighted by atomic mass is 32.1. The SMILES string of the molecule is CCCCCc1nnc(NC(=O)CCNC(=O)Cc2ccccc2)s1. The van der Waals surface area contributed by atoms with Gasteiger partial charge in [-0.15, -0.1) is 10.2 Å². The zero-order chi connectivity index (χ0) is 17.9. The summed E-state index contributed by atoms with van der Waals surface area (Å²) in [4.78, 5) is 23.7. The fourth-order valence-corrected chi connectivity index (χ4v) is 3.07. The molecule has 0 fully saturated rings. The van der Waals surface area contributed by atoms with Gasteiger partial charge in [-0.2, -0.15) is 0 Å². The quantitative estimate of drug-likeness (QED) is 0.638. The normalized spacial score (nSPS) is 10.4. The van der Waals surface area contributed by atoms with Crippen molar-refractivity contribution in [1.29, 1.82) is 0 Å². The van der Waals surface area contributed by atoms with E-state index in [9.17, 15) is 9.59 Å². The van der Waals surface area contributed by atoms with Gasteiger partial charge in [0, 0.05) is 19.4 Å². The molecule has 0 saturated carbocycles. The molecule has 6 nitrogen and oxygen atoms in total. The summed E-state index contributed by atoms with van der Waals surface area (Å²) in [7, 11) is 0. The Balaban J connectivity index is 1.64. The lowest BCUT2D eigenvalue weighted by atomic mass is 10.1. The number of aromatic nitrogens is 2. The number of nitrogens with one attached hydrogen (secondary N) is 2. The van der Waals surface area contributed by atoms with Gasteiger partial charge in [0.25, 0.3) is 0 Å².